The van der Waals surface area contributed by atoms with Gasteiger partial charge in [-0.3, -0.25) is 0 Å². The average Bonchev–Trinajstić information content (AvgIpc) is 3.11. The summed E-state index contributed by atoms with van der Waals surface area (Å²) in [7, 11) is 0. The summed E-state index contributed by atoms with van der Waals surface area (Å²) in [5.74, 6) is -0.392. The molecule has 31 heavy (non-hydrogen) atoms. The minimum absolute atomic E-state index is 0.0369. The second kappa shape index (κ2) is 9.58. The lowest BCUT2D eigenvalue weighted by molar-refractivity contribution is 0.143. The van der Waals surface area contributed by atoms with Crippen LogP contribution in [0.1, 0.15) is 34.6 Å². The number of aliphatic hydroxyl groups excluding tert-OH is 1. The van der Waals surface area contributed by atoms with Gasteiger partial charge in [-0.25, -0.2) is 9.18 Å². The Morgan fingerprint density at radius 2 is 1.71 bits per heavy atom. The Morgan fingerprint density at radius 1 is 1.03 bits per heavy atom. The van der Waals surface area contributed by atoms with Gasteiger partial charge in [0.15, 0.2) is 0 Å². The molecule has 2 N–H and O–H groups in total. The van der Waals surface area contributed by atoms with Crippen molar-refractivity contribution in [3.05, 3.63) is 101 Å². The smallest absolute Gasteiger partial charge is 0.407 e. The van der Waals surface area contributed by atoms with Gasteiger partial charge in [0.1, 0.15) is 12.4 Å². The third-order valence-electron chi connectivity index (χ3n) is 5.48. The first-order valence-electron chi connectivity index (χ1n) is 10.3. The molecule has 0 fully saturated rings. The van der Waals surface area contributed by atoms with Crippen molar-refractivity contribution in [2.24, 2.45) is 0 Å². The van der Waals surface area contributed by atoms with E-state index >= 15 is 0 Å². The molecule has 0 unspecified atom stereocenters. The first-order valence-corrected chi connectivity index (χ1v) is 10.3. The van der Waals surface area contributed by atoms with Gasteiger partial charge in [-0.05, 0) is 40.3 Å². The highest BCUT2D eigenvalue weighted by atomic mass is 19.1. The quantitative estimate of drug-likeness (QED) is 0.516. The Labute approximate surface area is 181 Å². The van der Waals surface area contributed by atoms with Crippen LogP contribution in [0.4, 0.5) is 9.18 Å². The zero-order valence-electron chi connectivity index (χ0n) is 17.1. The summed E-state index contributed by atoms with van der Waals surface area (Å²) in [6.07, 6.45) is 3.78. The predicted molar refractivity (Wildman–Crippen MR) is 119 cm³/mol. The number of carbonyl (C=O) groups is 1. The van der Waals surface area contributed by atoms with E-state index in [1.807, 2.05) is 30.3 Å². The third-order valence-corrected chi connectivity index (χ3v) is 5.48. The van der Waals surface area contributed by atoms with Crippen molar-refractivity contribution in [2.45, 2.75) is 18.9 Å². The SMILES string of the molecule is O=C(NCCC=Cc1ccc(CO)c(F)c1)OCC1c2ccccc2-c2ccccc21. The van der Waals surface area contributed by atoms with Crippen molar-refractivity contribution < 1.29 is 19.0 Å². The zero-order chi connectivity index (χ0) is 21.6. The van der Waals surface area contributed by atoms with Crippen molar-refractivity contribution in [3.63, 3.8) is 0 Å². The van der Waals surface area contributed by atoms with E-state index in [9.17, 15) is 9.18 Å². The number of benzene rings is 3. The molecule has 3 aromatic carbocycles. The lowest BCUT2D eigenvalue weighted by Gasteiger charge is -2.14. The van der Waals surface area contributed by atoms with Crippen LogP contribution in [0, 0.1) is 5.82 Å². The summed E-state index contributed by atoms with van der Waals surface area (Å²) >= 11 is 0. The Bertz CT molecular complexity index is 1060. The first kappa shape index (κ1) is 20.8. The second-order valence-corrected chi connectivity index (χ2v) is 7.45. The number of hydrogen-bond donors (Lipinski definition) is 2. The molecule has 0 spiro atoms. The Morgan fingerprint density at radius 3 is 2.35 bits per heavy atom. The topological polar surface area (TPSA) is 58.6 Å². The number of fused-ring (bicyclic) bond motifs is 3. The molecule has 1 aliphatic carbocycles. The maximum Gasteiger partial charge on any atom is 0.407 e. The van der Waals surface area contributed by atoms with E-state index in [-0.39, 0.29) is 24.7 Å². The molecular weight excluding hydrogens is 393 g/mol. The number of carbonyl (C=O) groups excluding carboxylic acids is 1. The van der Waals surface area contributed by atoms with Crippen molar-refractivity contribution >= 4 is 12.2 Å². The molecule has 0 aliphatic heterocycles. The highest BCUT2D eigenvalue weighted by Crippen LogP contribution is 2.44. The van der Waals surface area contributed by atoms with Crippen LogP contribution < -0.4 is 5.32 Å². The van der Waals surface area contributed by atoms with Crippen LogP contribution in [0.25, 0.3) is 17.2 Å². The van der Waals surface area contributed by atoms with Crippen LogP contribution in [-0.2, 0) is 11.3 Å². The Balaban J connectivity index is 1.26. The molecule has 0 saturated heterocycles. The molecule has 0 aromatic heterocycles. The molecule has 4 rings (SSSR count). The van der Waals surface area contributed by atoms with Crippen molar-refractivity contribution in [1.29, 1.82) is 0 Å². The molecular formula is C26H24FNO3. The zero-order valence-corrected chi connectivity index (χ0v) is 17.1. The Kier molecular flexibility index (Phi) is 6.43. The molecule has 0 saturated carbocycles. The van der Waals surface area contributed by atoms with Crippen LogP contribution >= 0.6 is 0 Å². The van der Waals surface area contributed by atoms with Crippen LogP contribution in [0.15, 0.2) is 72.8 Å². The Hall–Kier alpha value is -3.44. The molecule has 0 heterocycles. The summed E-state index contributed by atoms with van der Waals surface area (Å²) in [5.41, 5.74) is 5.73. The van der Waals surface area contributed by atoms with Crippen LogP contribution in [0.2, 0.25) is 0 Å². The van der Waals surface area contributed by atoms with Gasteiger partial charge in [0, 0.05) is 18.0 Å². The van der Waals surface area contributed by atoms with E-state index in [0.717, 1.165) is 0 Å². The van der Waals surface area contributed by atoms with Crippen LogP contribution in [0.5, 0.6) is 0 Å². The number of nitrogens with one attached hydrogen (secondary N) is 1. The van der Waals surface area contributed by atoms with Gasteiger partial charge < -0.3 is 15.2 Å². The molecule has 3 aromatic rings. The maximum absolute atomic E-state index is 13.7. The van der Waals surface area contributed by atoms with E-state index in [1.54, 1.807) is 18.2 Å². The average molecular weight is 417 g/mol. The fourth-order valence-electron chi connectivity index (χ4n) is 3.92. The fourth-order valence-corrected chi connectivity index (χ4v) is 3.92. The van der Waals surface area contributed by atoms with E-state index in [1.165, 1.54) is 28.3 Å². The van der Waals surface area contributed by atoms with Gasteiger partial charge in [-0.2, -0.15) is 0 Å². The van der Waals surface area contributed by atoms with E-state index in [0.29, 0.717) is 18.5 Å². The molecule has 158 valence electrons. The van der Waals surface area contributed by atoms with Gasteiger partial charge in [0.05, 0.1) is 6.61 Å². The van der Waals surface area contributed by atoms with Crippen molar-refractivity contribution in [1.82, 2.24) is 5.32 Å². The van der Waals surface area contributed by atoms with Crippen LogP contribution in [-0.4, -0.2) is 24.4 Å². The largest absolute Gasteiger partial charge is 0.449 e. The van der Waals surface area contributed by atoms with Gasteiger partial charge in [0.25, 0.3) is 0 Å². The molecule has 5 heteroatoms. The van der Waals surface area contributed by atoms with Gasteiger partial charge in [-0.1, -0.05) is 72.8 Å². The van der Waals surface area contributed by atoms with Gasteiger partial charge in [0.2, 0.25) is 0 Å². The molecule has 1 aliphatic rings. The summed E-state index contributed by atoms with van der Waals surface area (Å²) in [4.78, 5) is 12.1. The molecule has 0 radical (unpaired) electrons. The summed E-state index contributed by atoms with van der Waals surface area (Å²) < 4.78 is 19.2. The number of ether oxygens (including phenoxy) is 1. The molecule has 0 bridgehead atoms. The summed E-state index contributed by atoms with van der Waals surface area (Å²) in [6.45, 7) is 0.385. The number of rotatable bonds is 7. The summed E-state index contributed by atoms with van der Waals surface area (Å²) in [6, 6.07) is 21.1. The minimum atomic E-state index is -0.450. The number of hydrogen-bond acceptors (Lipinski definition) is 3. The van der Waals surface area contributed by atoms with E-state index in [2.05, 4.69) is 29.6 Å². The number of halogens is 1. The number of amides is 1. The second-order valence-electron chi connectivity index (χ2n) is 7.45. The highest BCUT2D eigenvalue weighted by Gasteiger charge is 2.28. The van der Waals surface area contributed by atoms with Crippen molar-refractivity contribution in [3.8, 4) is 11.1 Å². The summed E-state index contributed by atoms with van der Waals surface area (Å²) in [5, 5.41) is 11.8. The van der Waals surface area contributed by atoms with E-state index < -0.39 is 11.9 Å². The lowest BCUT2D eigenvalue weighted by Crippen LogP contribution is -2.26. The standard InChI is InChI=1S/C26H24FNO3/c27-25-15-18(12-13-19(25)16-29)7-5-6-14-28-26(30)31-17-24-22-10-3-1-8-20(22)21-9-2-4-11-23(21)24/h1-5,7-13,15,24,29H,6,14,16-17H2,(H,28,30). The van der Waals surface area contributed by atoms with Crippen molar-refractivity contribution in [2.75, 3.05) is 13.2 Å². The fraction of sp³-hybridized carbons (Fsp3) is 0.192. The molecule has 4 nitrogen and oxygen atoms in total. The van der Waals surface area contributed by atoms with Gasteiger partial charge >= 0.3 is 6.09 Å². The van der Waals surface area contributed by atoms with E-state index in [4.69, 9.17) is 9.84 Å². The highest BCUT2D eigenvalue weighted by molar-refractivity contribution is 5.79. The molecule has 1 amide bonds. The van der Waals surface area contributed by atoms with Gasteiger partial charge in [-0.15, -0.1) is 0 Å². The van der Waals surface area contributed by atoms with Crippen LogP contribution in [0.3, 0.4) is 0 Å². The number of alkyl carbamates (subject to hydrolysis) is 1. The first-order chi connectivity index (χ1) is 15.2. The predicted octanol–water partition coefficient (Wildman–Crippen LogP) is 5.26. The normalized spacial score (nSPS) is 12.6. The third kappa shape index (κ3) is 4.67. The molecule has 0 atom stereocenters. The maximum atomic E-state index is 13.7. The monoisotopic (exact) mass is 417 g/mol. The number of aliphatic hydroxyl groups is 1. The minimum Gasteiger partial charge on any atom is -0.449 e. The lowest BCUT2D eigenvalue weighted by atomic mass is 9.98.